The quantitative estimate of drug-likeness (QED) is 0.786. The maximum Gasteiger partial charge on any atom is 0.290 e. The highest BCUT2D eigenvalue weighted by Gasteiger charge is 2.34. The van der Waals surface area contributed by atoms with Gasteiger partial charge in [0.15, 0.2) is 5.76 Å². The van der Waals surface area contributed by atoms with Gasteiger partial charge in [0, 0.05) is 42.4 Å². The zero-order valence-corrected chi connectivity index (χ0v) is 18.5. The van der Waals surface area contributed by atoms with Crippen molar-refractivity contribution in [2.45, 2.75) is 32.2 Å². The monoisotopic (exact) mass is 441 g/mol. The lowest BCUT2D eigenvalue weighted by atomic mass is 10.0. The summed E-state index contributed by atoms with van der Waals surface area (Å²) >= 11 is 1.86. The highest BCUT2D eigenvalue weighted by molar-refractivity contribution is 7.99. The van der Waals surface area contributed by atoms with E-state index in [-0.39, 0.29) is 23.5 Å². The number of carbonyl (C=O) groups is 3. The van der Waals surface area contributed by atoms with Crippen molar-refractivity contribution in [1.82, 2.24) is 9.80 Å². The summed E-state index contributed by atoms with van der Waals surface area (Å²) in [4.78, 5) is 42.0. The van der Waals surface area contributed by atoms with Gasteiger partial charge in [-0.15, -0.1) is 0 Å². The van der Waals surface area contributed by atoms with Crippen molar-refractivity contribution in [2.24, 2.45) is 0 Å². The van der Waals surface area contributed by atoms with E-state index >= 15 is 0 Å². The number of nitrogens with one attached hydrogen (secondary N) is 1. The van der Waals surface area contributed by atoms with E-state index in [4.69, 9.17) is 4.42 Å². The summed E-state index contributed by atoms with van der Waals surface area (Å²) in [6.45, 7) is 3.94. The van der Waals surface area contributed by atoms with Crippen LogP contribution in [-0.2, 0) is 4.79 Å². The molecule has 31 heavy (non-hydrogen) atoms. The van der Waals surface area contributed by atoms with E-state index in [1.54, 1.807) is 29.2 Å². The number of rotatable bonds is 4. The first kappa shape index (κ1) is 21.5. The first-order valence-electron chi connectivity index (χ1n) is 10.7. The lowest BCUT2D eigenvalue weighted by molar-refractivity contribution is -0.121. The maximum absolute atomic E-state index is 13.1. The van der Waals surface area contributed by atoms with Crippen LogP contribution in [0.25, 0.3) is 0 Å². The molecule has 2 aliphatic rings. The van der Waals surface area contributed by atoms with Crippen molar-refractivity contribution < 1.29 is 18.8 Å². The third-order valence-corrected chi connectivity index (χ3v) is 6.77. The molecule has 0 spiro atoms. The Balaban J connectivity index is 1.45. The van der Waals surface area contributed by atoms with E-state index in [9.17, 15) is 14.4 Å². The van der Waals surface area contributed by atoms with Crippen LogP contribution in [0.2, 0.25) is 0 Å². The van der Waals surface area contributed by atoms with Gasteiger partial charge in [-0.2, -0.15) is 11.8 Å². The molecule has 4 rings (SSSR count). The third kappa shape index (κ3) is 4.79. The van der Waals surface area contributed by atoms with Crippen molar-refractivity contribution in [2.75, 3.05) is 36.5 Å². The van der Waals surface area contributed by atoms with E-state index in [0.717, 1.165) is 43.0 Å². The van der Waals surface area contributed by atoms with Crippen molar-refractivity contribution in [3.8, 4) is 0 Å². The molecule has 1 unspecified atom stereocenters. The van der Waals surface area contributed by atoms with Gasteiger partial charge in [0.2, 0.25) is 5.91 Å². The number of likely N-dealkylation sites (tertiary alicyclic amines) is 1. The minimum absolute atomic E-state index is 0.0313. The zero-order chi connectivity index (χ0) is 21.8. The molecule has 164 valence electrons. The molecule has 2 saturated heterocycles. The number of nitrogens with zero attached hydrogens (tertiary/aromatic N) is 2. The summed E-state index contributed by atoms with van der Waals surface area (Å²) < 4.78 is 5.24. The number of piperidine rings is 1. The Morgan fingerprint density at radius 3 is 2.58 bits per heavy atom. The van der Waals surface area contributed by atoms with Gasteiger partial charge in [-0.05, 0) is 62.1 Å². The summed E-state index contributed by atoms with van der Waals surface area (Å²) in [5.74, 6) is 1.73. The maximum atomic E-state index is 13.1. The average Bonchev–Trinajstić information content (AvgIpc) is 3.35. The summed E-state index contributed by atoms with van der Waals surface area (Å²) in [6, 6.07) is 8.11. The first-order chi connectivity index (χ1) is 15.0. The van der Waals surface area contributed by atoms with E-state index in [1.807, 2.05) is 29.7 Å². The largest absolute Gasteiger partial charge is 0.459 e. The second-order valence-electron chi connectivity index (χ2n) is 7.91. The molecule has 0 aliphatic carbocycles. The molecule has 0 bridgehead atoms. The molecule has 0 radical (unpaired) electrons. The number of benzene rings is 1. The Morgan fingerprint density at radius 1 is 1.06 bits per heavy atom. The highest BCUT2D eigenvalue weighted by Crippen LogP contribution is 2.24. The Labute approximate surface area is 186 Å². The second kappa shape index (κ2) is 9.60. The van der Waals surface area contributed by atoms with Gasteiger partial charge in [-0.3, -0.25) is 14.4 Å². The van der Waals surface area contributed by atoms with Gasteiger partial charge in [0.1, 0.15) is 6.04 Å². The lowest BCUT2D eigenvalue weighted by Crippen LogP contribution is -2.50. The number of carbonyl (C=O) groups excluding carboxylic acids is 3. The van der Waals surface area contributed by atoms with Crippen molar-refractivity contribution in [3.05, 3.63) is 53.5 Å². The molecule has 1 aromatic heterocycles. The molecule has 8 heteroatoms. The Kier molecular flexibility index (Phi) is 6.65. The lowest BCUT2D eigenvalue weighted by Gasteiger charge is -2.34. The summed E-state index contributed by atoms with van der Waals surface area (Å²) in [5, 5.41) is 2.96. The Bertz CT molecular complexity index is 954. The van der Waals surface area contributed by atoms with Crippen LogP contribution in [0.4, 0.5) is 5.69 Å². The SMILES string of the molecule is Cc1cc(C(=O)N2CCSCC2)ccc1NC(=O)C1CCCCN1C(=O)c1ccco1. The average molecular weight is 442 g/mol. The van der Waals surface area contributed by atoms with Crippen molar-refractivity contribution >= 4 is 35.2 Å². The Morgan fingerprint density at radius 2 is 1.87 bits per heavy atom. The number of furan rings is 1. The van der Waals surface area contributed by atoms with E-state index < -0.39 is 6.04 Å². The molecular weight excluding hydrogens is 414 g/mol. The number of anilines is 1. The molecule has 0 saturated carbocycles. The minimum atomic E-state index is -0.544. The van der Waals surface area contributed by atoms with Crippen molar-refractivity contribution in [1.29, 1.82) is 0 Å². The van der Waals surface area contributed by atoms with Crippen LogP contribution >= 0.6 is 11.8 Å². The molecule has 1 atom stereocenters. The molecule has 2 fully saturated rings. The highest BCUT2D eigenvalue weighted by atomic mass is 32.2. The number of hydrogen-bond acceptors (Lipinski definition) is 5. The molecule has 3 amide bonds. The third-order valence-electron chi connectivity index (χ3n) is 5.83. The number of hydrogen-bond donors (Lipinski definition) is 1. The van der Waals surface area contributed by atoms with Gasteiger partial charge >= 0.3 is 0 Å². The summed E-state index contributed by atoms with van der Waals surface area (Å²) in [7, 11) is 0. The van der Waals surface area contributed by atoms with Gasteiger partial charge in [0.25, 0.3) is 11.8 Å². The number of thioether (sulfide) groups is 1. The summed E-state index contributed by atoms with van der Waals surface area (Å²) in [6.07, 6.45) is 3.82. The normalized spacial score (nSPS) is 19.2. The first-order valence-corrected chi connectivity index (χ1v) is 11.8. The van der Waals surface area contributed by atoms with E-state index in [1.165, 1.54) is 6.26 Å². The van der Waals surface area contributed by atoms with Crippen LogP contribution in [0, 0.1) is 6.92 Å². The molecular formula is C23H27N3O4S. The fourth-order valence-corrected chi connectivity index (χ4v) is 4.99. The van der Waals surface area contributed by atoms with Crippen LogP contribution < -0.4 is 5.32 Å². The van der Waals surface area contributed by atoms with Crippen LogP contribution in [0.15, 0.2) is 41.0 Å². The van der Waals surface area contributed by atoms with Crippen LogP contribution in [-0.4, -0.2) is 64.7 Å². The predicted octanol–water partition coefficient (Wildman–Crippen LogP) is 3.41. The van der Waals surface area contributed by atoms with Gasteiger partial charge in [0.05, 0.1) is 6.26 Å². The molecule has 1 aromatic carbocycles. The Hall–Kier alpha value is -2.74. The molecule has 2 aliphatic heterocycles. The number of amides is 3. The number of aryl methyl sites for hydroxylation is 1. The molecule has 1 N–H and O–H groups in total. The molecule has 7 nitrogen and oxygen atoms in total. The van der Waals surface area contributed by atoms with Crippen LogP contribution in [0.1, 0.15) is 45.7 Å². The second-order valence-corrected chi connectivity index (χ2v) is 9.14. The topological polar surface area (TPSA) is 82.9 Å². The smallest absolute Gasteiger partial charge is 0.290 e. The van der Waals surface area contributed by atoms with Gasteiger partial charge < -0.3 is 19.5 Å². The predicted molar refractivity (Wildman–Crippen MR) is 120 cm³/mol. The zero-order valence-electron chi connectivity index (χ0n) is 17.6. The summed E-state index contributed by atoms with van der Waals surface area (Å²) in [5.41, 5.74) is 2.12. The van der Waals surface area contributed by atoms with Crippen LogP contribution in [0.5, 0.6) is 0 Å². The molecule has 2 aromatic rings. The standard InChI is InChI=1S/C23H27N3O4S/c1-16-15-17(22(28)25-10-13-31-14-11-25)7-8-18(16)24-21(27)19-5-2-3-9-26(19)23(29)20-6-4-12-30-20/h4,6-8,12,15,19H,2-3,5,9-11,13-14H2,1H3,(H,24,27). The van der Waals surface area contributed by atoms with Crippen molar-refractivity contribution in [3.63, 3.8) is 0 Å². The minimum Gasteiger partial charge on any atom is -0.459 e. The van der Waals surface area contributed by atoms with Crippen LogP contribution in [0.3, 0.4) is 0 Å². The molecule has 3 heterocycles. The fraction of sp³-hybridized carbons (Fsp3) is 0.435. The van der Waals surface area contributed by atoms with Gasteiger partial charge in [-0.25, -0.2) is 0 Å². The fourth-order valence-electron chi connectivity index (χ4n) is 4.09. The van der Waals surface area contributed by atoms with E-state index in [2.05, 4.69) is 5.32 Å². The van der Waals surface area contributed by atoms with Gasteiger partial charge in [-0.1, -0.05) is 0 Å². The van der Waals surface area contributed by atoms with E-state index in [0.29, 0.717) is 24.2 Å².